The molecule has 0 radical (unpaired) electrons. The van der Waals surface area contributed by atoms with Crippen molar-refractivity contribution in [2.24, 2.45) is 0 Å². The fourth-order valence-electron chi connectivity index (χ4n) is 9.50. The van der Waals surface area contributed by atoms with Crippen molar-refractivity contribution in [1.82, 2.24) is 4.40 Å². The second kappa shape index (κ2) is 14.4. The van der Waals surface area contributed by atoms with Crippen molar-refractivity contribution in [3.05, 3.63) is 223 Å². The summed E-state index contributed by atoms with van der Waals surface area (Å²) in [5, 5.41) is 28.6. The number of aromatic nitrogens is 1. The average molecular weight is 802 g/mol. The molecular formula is C58H35N5. The Bertz CT molecular complexity index is 3560. The van der Waals surface area contributed by atoms with Gasteiger partial charge in [0.25, 0.3) is 0 Å². The van der Waals surface area contributed by atoms with E-state index in [1.54, 1.807) is 0 Å². The molecule has 5 nitrogen and oxygen atoms in total. The van der Waals surface area contributed by atoms with Crippen molar-refractivity contribution >= 4 is 93.8 Å². The van der Waals surface area contributed by atoms with Crippen LogP contribution in [-0.4, -0.2) is 4.40 Å². The summed E-state index contributed by atoms with van der Waals surface area (Å²) in [5.41, 5.74) is 13.3. The van der Waals surface area contributed by atoms with Crippen LogP contribution in [0.5, 0.6) is 0 Å². The van der Waals surface area contributed by atoms with Gasteiger partial charge >= 0.3 is 0 Å². The van der Waals surface area contributed by atoms with E-state index in [1.165, 1.54) is 38.2 Å². The van der Waals surface area contributed by atoms with Crippen LogP contribution in [-0.2, 0) is 0 Å². The van der Waals surface area contributed by atoms with Crippen LogP contribution in [0.25, 0.3) is 70.8 Å². The predicted octanol–water partition coefficient (Wildman–Crippen LogP) is 15.5. The molecule has 0 aliphatic carbocycles. The van der Waals surface area contributed by atoms with Gasteiger partial charge in [-0.1, -0.05) is 78.9 Å². The van der Waals surface area contributed by atoms with Gasteiger partial charge in [0.2, 0.25) is 0 Å². The Kier molecular flexibility index (Phi) is 8.22. The van der Waals surface area contributed by atoms with Crippen LogP contribution in [0.15, 0.2) is 212 Å². The number of para-hydroxylation sites is 2. The molecule has 0 aliphatic heterocycles. The van der Waals surface area contributed by atoms with Crippen molar-refractivity contribution in [3.8, 4) is 23.3 Å². The fourth-order valence-corrected chi connectivity index (χ4v) is 9.50. The molecule has 0 fully saturated rings. The summed E-state index contributed by atoms with van der Waals surface area (Å²) < 4.78 is 2.48. The predicted molar refractivity (Wildman–Crippen MR) is 260 cm³/mol. The third kappa shape index (κ3) is 5.92. The average Bonchev–Trinajstić information content (AvgIpc) is 3.84. The summed E-state index contributed by atoms with van der Waals surface area (Å²) >= 11 is 0. The van der Waals surface area contributed by atoms with Gasteiger partial charge in [0.05, 0.1) is 39.8 Å². The van der Waals surface area contributed by atoms with Crippen LogP contribution in [0.2, 0.25) is 0 Å². The molecule has 0 unspecified atom stereocenters. The maximum absolute atomic E-state index is 9.55. The molecule has 0 spiro atoms. The monoisotopic (exact) mass is 801 g/mol. The maximum atomic E-state index is 9.55. The van der Waals surface area contributed by atoms with E-state index in [0.717, 1.165) is 66.7 Å². The molecule has 0 aliphatic rings. The zero-order chi connectivity index (χ0) is 42.0. The molecule has 292 valence electrons. The summed E-state index contributed by atoms with van der Waals surface area (Å²) in [6.07, 6.45) is 0. The lowest BCUT2D eigenvalue weighted by Gasteiger charge is -2.26. The van der Waals surface area contributed by atoms with E-state index >= 15 is 0 Å². The van der Waals surface area contributed by atoms with Gasteiger partial charge in [-0.05, 0) is 166 Å². The van der Waals surface area contributed by atoms with Gasteiger partial charge in [-0.25, -0.2) is 0 Å². The largest absolute Gasteiger partial charge is 0.310 e. The van der Waals surface area contributed by atoms with Crippen molar-refractivity contribution < 1.29 is 0 Å². The van der Waals surface area contributed by atoms with Gasteiger partial charge in [-0.15, -0.1) is 0 Å². The molecular weight excluding hydrogens is 767 g/mol. The number of hydrogen-bond donors (Lipinski definition) is 0. The molecule has 0 N–H and O–H groups in total. The summed E-state index contributed by atoms with van der Waals surface area (Å²) in [6.45, 7) is 0. The summed E-state index contributed by atoms with van der Waals surface area (Å²) in [7, 11) is 0. The second-order valence-electron chi connectivity index (χ2n) is 16.1. The minimum Gasteiger partial charge on any atom is -0.310 e. The van der Waals surface area contributed by atoms with Crippen molar-refractivity contribution in [1.29, 1.82) is 10.5 Å². The number of anilines is 6. The third-order valence-corrected chi connectivity index (χ3v) is 12.4. The maximum Gasteiger partial charge on any atom is 0.0991 e. The Morgan fingerprint density at radius 2 is 0.714 bits per heavy atom. The van der Waals surface area contributed by atoms with Crippen LogP contribution >= 0.6 is 0 Å². The van der Waals surface area contributed by atoms with Crippen molar-refractivity contribution in [3.63, 3.8) is 0 Å². The summed E-state index contributed by atoms with van der Waals surface area (Å²) in [4.78, 5) is 4.50. The Morgan fingerprint density at radius 3 is 1.14 bits per heavy atom. The van der Waals surface area contributed by atoms with Crippen molar-refractivity contribution in [2.75, 3.05) is 9.80 Å². The Labute approximate surface area is 363 Å². The molecule has 5 heteroatoms. The van der Waals surface area contributed by atoms with Crippen LogP contribution in [0.1, 0.15) is 11.1 Å². The SMILES string of the molecule is N#Cc1ccc(N(c2ccccc2)c2ccc3cc4c5cc(-c6ccccc6)cc6c7cc8ccc(N(c9ccccc9)c9ccc(C#N)cc9)cc8cc7n(c4cc3c2)c56)cc1. The molecule has 63 heavy (non-hydrogen) atoms. The topological polar surface area (TPSA) is 58.5 Å². The number of nitriles is 2. The zero-order valence-corrected chi connectivity index (χ0v) is 33.9. The first-order chi connectivity index (χ1) is 31.1. The molecule has 12 aromatic rings. The molecule has 10 aromatic carbocycles. The highest BCUT2D eigenvalue weighted by molar-refractivity contribution is 6.27. The van der Waals surface area contributed by atoms with Gasteiger partial charge < -0.3 is 14.2 Å². The fraction of sp³-hybridized carbons (Fsp3) is 0. The van der Waals surface area contributed by atoms with Crippen molar-refractivity contribution in [2.45, 2.75) is 0 Å². The Balaban J connectivity index is 1.10. The quantitative estimate of drug-likeness (QED) is 0.161. The first-order valence-corrected chi connectivity index (χ1v) is 21.0. The molecule has 0 saturated heterocycles. The molecule has 2 heterocycles. The summed E-state index contributed by atoms with van der Waals surface area (Å²) in [6, 6.07) is 79.2. The Morgan fingerprint density at radius 1 is 0.317 bits per heavy atom. The normalized spacial score (nSPS) is 11.5. The third-order valence-electron chi connectivity index (χ3n) is 12.4. The highest BCUT2D eigenvalue weighted by Gasteiger charge is 2.22. The molecule has 0 atom stereocenters. The van der Waals surface area contributed by atoms with E-state index in [-0.39, 0.29) is 0 Å². The van der Waals surface area contributed by atoms with Crippen LogP contribution in [0, 0.1) is 22.7 Å². The lowest BCUT2D eigenvalue weighted by molar-refractivity contribution is 1.28. The standard InChI is InChI=1S/C58H35N5/c59-36-38-16-22-48(23-17-38)61(46-12-6-2-7-13-46)50-26-20-41-30-52-54-32-45(40-10-4-1-5-11-40)33-55-53-31-42-21-27-51(29-44(42)35-57(53)63(58(54)55)56(52)34-43(41)28-50)62(47-14-8-3-9-15-47)49-24-18-39(37-60)19-25-49/h1-35H. The first-order valence-electron chi connectivity index (χ1n) is 21.0. The number of rotatable bonds is 7. The number of nitrogens with zero attached hydrogens (tertiary/aromatic N) is 5. The highest BCUT2D eigenvalue weighted by atomic mass is 15.1. The molecule has 2 aromatic heterocycles. The van der Waals surface area contributed by atoms with Gasteiger partial charge in [0, 0.05) is 55.7 Å². The van der Waals surface area contributed by atoms with E-state index in [9.17, 15) is 10.5 Å². The summed E-state index contributed by atoms with van der Waals surface area (Å²) in [5.74, 6) is 0. The van der Waals surface area contributed by atoms with E-state index in [1.807, 2.05) is 60.7 Å². The van der Waals surface area contributed by atoms with Crippen LogP contribution < -0.4 is 9.80 Å². The highest BCUT2D eigenvalue weighted by Crippen LogP contribution is 2.46. The number of fused-ring (bicyclic) bond motifs is 8. The van der Waals surface area contributed by atoms with Gasteiger partial charge in [-0.3, -0.25) is 0 Å². The minimum absolute atomic E-state index is 0.630. The smallest absolute Gasteiger partial charge is 0.0991 e. The number of hydrogen-bond acceptors (Lipinski definition) is 4. The van der Waals surface area contributed by atoms with Gasteiger partial charge in [-0.2, -0.15) is 10.5 Å². The molecule has 0 saturated carbocycles. The van der Waals surface area contributed by atoms with E-state index in [4.69, 9.17) is 0 Å². The minimum atomic E-state index is 0.630. The number of benzene rings is 10. The van der Waals surface area contributed by atoms with E-state index in [2.05, 4.69) is 178 Å². The van der Waals surface area contributed by atoms with Gasteiger partial charge in [0.15, 0.2) is 0 Å². The van der Waals surface area contributed by atoms with E-state index < -0.39 is 0 Å². The van der Waals surface area contributed by atoms with Crippen LogP contribution in [0.3, 0.4) is 0 Å². The molecule has 0 amide bonds. The molecule has 12 rings (SSSR count). The van der Waals surface area contributed by atoms with Crippen LogP contribution in [0.4, 0.5) is 34.1 Å². The first kappa shape index (κ1) is 36.0. The zero-order valence-electron chi connectivity index (χ0n) is 33.9. The van der Waals surface area contributed by atoms with E-state index in [0.29, 0.717) is 11.1 Å². The Hall–Kier alpha value is -8.90. The lowest BCUT2D eigenvalue weighted by Crippen LogP contribution is -2.09. The molecule has 0 bridgehead atoms. The van der Waals surface area contributed by atoms with Gasteiger partial charge in [0.1, 0.15) is 0 Å². The second-order valence-corrected chi connectivity index (χ2v) is 16.1. The lowest BCUT2D eigenvalue weighted by atomic mass is 9.97.